The van der Waals surface area contributed by atoms with Gasteiger partial charge in [0, 0.05) is 48.5 Å². The van der Waals surface area contributed by atoms with Crippen LogP contribution in [-0.2, 0) is 27.1 Å². The van der Waals surface area contributed by atoms with Gasteiger partial charge in [0.1, 0.15) is 0 Å². The van der Waals surface area contributed by atoms with Gasteiger partial charge in [0.25, 0.3) is 0 Å². The molecule has 6 aromatic carbocycles. The molecule has 0 atom stereocenters. The molecule has 75 heavy (non-hydrogen) atoms. The van der Waals surface area contributed by atoms with E-state index in [1.54, 1.807) is 0 Å². The second kappa shape index (κ2) is 20.9. The Bertz CT molecular complexity index is 3130. The van der Waals surface area contributed by atoms with Crippen LogP contribution in [0, 0.1) is 10.8 Å². The van der Waals surface area contributed by atoms with Crippen molar-refractivity contribution in [3.05, 3.63) is 164 Å². The van der Waals surface area contributed by atoms with Crippen molar-refractivity contribution in [2.75, 3.05) is 9.80 Å². The summed E-state index contributed by atoms with van der Waals surface area (Å²) >= 11 is 7.43. The Hall–Kier alpha value is -4.12. The molecule has 0 unspecified atom stereocenters. The summed E-state index contributed by atoms with van der Waals surface area (Å²) in [6.07, 6.45) is 15.8. The van der Waals surface area contributed by atoms with Crippen LogP contribution in [0.2, 0.25) is 0 Å². The molecule has 0 spiro atoms. The van der Waals surface area contributed by atoms with Crippen LogP contribution in [0.3, 0.4) is 0 Å². The lowest BCUT2D eigenvalue weighted by Gasteiger charge is -2.44. The fraction of sp³-hybridized carbons (Fsp3) is 0.493. The highest BCUT2D eigenvalue weighted by molar-refractivity contribution is 9.10. The molecule has 0 fully saturated rings. The van der Waals surface area contributed by atoms with Crippen molar-refractivity contribution in [3.8, 4) is 11.1 Å². The van der Waals surface area contributed by atoms with Gasteiger partial charge in [0.2, 0.25) is 0 Å². The number of unbranched alkanes of at least 4 members (excludes halogenated alkanes) is 10. The largest absolute Gasteiger partial charge is 0.310 e. The van der Waals surface area contributed by atoms with Crippen LogP contribution in [0.4, 0.5) is 34.1 Å². The third-order valence-electron chi connectivity index (χ3n) is 20.7. The van der Waals surface area contributed by atoms with Gasteiger partial charge < -0.3 is 9.80 Å². The average Bonchev–Trinajstić information content (AvgIpc) is 1.98. The maximum absolute atomic E-state index is 10.4. The van der Waals surface area contributed by atoms with E-state index in [4.69, 9.17) is 0 Å². The van der Waals surface area contributed by atoms with Gasteiger partial charge in [-0.05, 0) is 187 Å². The summed E-state index contributed by atoms with van der Waals surface area (Å²) in [5, 5.41) is 0. The zero-order chi connectivity index (χ0) is 59.2. The number of hydrogen-bond donors (Lipinski definition) is 0. The van der Waals surface area contributed by atoms with E-state index in [9.17, 15) is 8.22 Å². The zero-order valence-corrected chi connectivity index (χ0v) is 51.3. The molecule has 0 saturated heterocycles. The average molecular weight is 1140 g/mol. The molecule has 0 amide bonds. The molecule has 6 aromatic rings. The molecule has 9 rings (SSSR count). The Morgan fingerprint density at radius 1 is 0.360 bits per heavy atom. The molecule has 0 bridgehead atoms. The maximum Gasteiger partial charge on any atom is 0.0648 e. The minimum absolute atomic E-state index is 0.0653. The number of rotatable bonds is 20. The number of fused-ring (bicyclic) bond motifs is 5. The van der Waals surface area contributed by atoms with Crippen LogP contribution < -0.4 is 9.80 Å². The summed E-state index contributed by atoms with van der Waals surface area (Å²) in [7, 11) is 0. The predicted octanol–water partition coefficient (Wildman–Crippen LogP) is 23.1. The van der Waals surface area contributed by atoms with Crippen LogP contribution in [0.5, 0.6) is 0 Å². The van der Waals surface area contributed by atoms with E-state index < -0.39 is 27.1 Å². The van der Waals surface area contributed by atoms with Crippen molar-refractivity contribution in [2.45, 2.75) is 214 Å². The lowest BCUT2D eigenvalue weighted by atomic mass is 9.59. The highest BCUT2D eigenvalue weighted by atomic mass is 79.9. The van der Waals surface area contributed by atoms with Crippen LogP contribution in [-0.4, -0.2) is 0 Å². The minimum atomic E-state index is -0.468. The van der Waals surface area contributed by atoms with Crippen molar-refractivity contribution in [2.24, 2.45) is 10.8 Å². The first-order valence-corrected chi connectivity index (χ1v) is 30.3. The van der Waals surface area contributed by atoms with E-state index in [1.807, 2.05) is 24.3 Å². The molecule has 0 radical (unpaired) electrons. The summed E-state index contributed by atoms with van der Waals surface area (Å²) in [6.45, 7) is 31.2. The molecule has 0 N–H and O–H groups in total. The second-order valence-electron chi connectivity index (χ2n) is 25.9. The van der Waals surface area contributed by atoms with Crippen LogP contribution in [0.25, 0.3) is 11.1 Å². The third-order valence-corrected chi connectivity index (χ3v) is 21.8. The van der Waals surface area contributed by atoms with Crippen molar-refractivity contribution >= 4 is 66.0 Å². The van der Waals surface area contributed by atoms with E-state index in [0.717, 1.165) is 92.5 Å². The van der Waals surface area contributed by atoms with Crippen LogP contribution in [0.15, 0.2) is 130 Å². The maximum atomic E-state index is 10.4. The Morgan fingerprint density at radius 2 is 0.680 bits per heavy atom. The van der Waals surface area contributed by atoms with Gasteiger partial charge in [-0.3, -0.25) is 0 Å². The van der Waals surface area contributed by atoms with Gasteiger partial charge in [0.05, 0.1) is 8.22 Å². The smallest absolute Gasteiger partial charge is 0.0648 e. The van der Waals surface area contributed by atoms with E-state index in [0.29, 0.717) is 23.5 Å². The van der Waals surface area contributed by atoms with Gasteiger partial charge in [-0.1, -0.05) is 230 Å². The molecular formula is C71H90Br2N2. The third kappa shape index (κ3) is 9.32. The fourth-order valence-electron chi connectivity index (χ4n) is 13.5. The second-order valence-corrected chi connectivity index (χ2v) is 27.7. The first-order valence-electron chi connectivity index (χ1n) is 31.7. The summed E-state index contributed by atoms with van der Waals surface area (Å²) in [5.41, 5.74) is 9.53. The summed E-state index contributed by atoms with van der Waals surface area (Å²) in [5.74, 6) is 0. The summed E-state index contributed by atoms with van der Waals surface area (Å²) in [4.78, 5) is 4.21. The zero-order valence-electron chi connectivity index (χ0n) is 54.1. The first-order chi connectivity index (χ1) is 38.0. The molecule has 4 heteroatoms. The van der Waals surface area contributed by atoms with Crippen molar-refractivity contribution in [1.82, 2.24) is 0 Å². The number of halogens is 2. The Kier molecular flexibility index (Phi) is 13.4. The van der Waals surface area contributed by atoms with Gasteiger partial charge in [-0.15, -0.1) is 0 Å². The molecular weight excluding hydrogens is 1040 g/mol. The van der Waals surface area contributed by atoms with Gasteiger partial charge in [-0.2, -0.15) is 0 Å². The highest BCUT2D eigenvalue weighted by Crippen LogP contribution is 2.64. The van der Waals surface area contributed by atoms with Gasteiger partial charge in [-0.25, -0.2) is 0 Å². The molecule has 0 aromatic heterocycles. The standard InChI is InChI=1S/C71H90Br2N2/c1-15-17-19-21-23-25-43-71(44-26-24-22-20-18-16-2)61-45-53(74(51-31-27-49(72)28-32-51)55-37-41-59-63(47-55)67(7,8)69(11,12)65(59,3)4)35-39-57(61)58-40-36-54(46-62(58)71)75(52-33-29-50(73)30-34-52)56-38-42-60-64(48-56)68(9,10)70(13,14)66(60,5)6/h27-42,45-48H,15-26,43-44H2,1-14H3/i37D,38D,41D,42D,47D,48D. The molecule has 3 aliphatic rings. The van der Waals surface area contributed by atoms with E-state index in [2.05, 4.69) is 199 Å². The monoisotopic (exact) mass is 1130 g/mol. The lowest BCUT2D eigenvalue weighted by Crippen LogP contribution is -2.42. The summed E-state index contributed by atoms with van der Waals surface area (Å²) in [6, 6.07) is 31.2. The van der Waals surface area contributed by atoms with Gasteiger partial charge >= 0.3 is 0 Å². The quantitative estimate of drug-likeness (QED) is 0.0703. The fourth-order valence-corrected chi connectivity index (χ4v) is 14.1. The summed E-state index contributed by atoms with van der Waals surface area (Å²) < 4.78 is 62.4. The van der Waals surface area contributed by atoms with Crippen LogP contribution >= 0.6 is 31.9 Å². The molecule has 0 saturated carbocycles. The molecule has 3 aliphatic carbocycles. The van der Waals surface area contributed by atoms with Crippen molar-refractivity contribution in [1.29, 1.82) is 0 Å². The molecule has 0 heterocycles. The van der Waals surface area contributed by atoms with Crippen LogP contribution in [0.1, 0.15) is 228 Å². The highest BCUT2D eigenvalue weighted by Gasteiger charge is 2.58. The lowest BCUT2D eigenvalue weighted by molar-refractivity contribution is 0.125. The van der Waals surface area contributed by atoms with Gasteiger partial charge in [0.15, 0.2) is 0 Å². The topological polar surface area (TPSA) is 6.48 Å². The number of benzene rings is 6. The van der Waals surface area contributed by atoms with E-state index in [1.165, 1.54) is 73.6 Å². The Balaban J connectivity index is 1.31. The van der Waals surface area contributed by atoms with Crippen molar-refractivity contribution < 1.29 is 8.22 Å². The predicted molar refractivity (Wildman–Crippen MR) is 333 cm³/mol. The number of hydrogen-bond acceptors (Lipinski definition) is 2. The Morgan fingerprint density at radius 3 is 1.04 bits per heavy atom. The molecule has 0 aliphatic heterocycles. The molecule has 2 nitrogen and oxygen atoms in total. The van der Waals surface area contributed by atoms with E-state index in [-0.39, 0.29) is 35.0 Å². The normalized spacial score (nSPS) is 19.4. The van der Waals surface area contributed by atoms with Crippen molar-refractivity contribution in [3.63, 3.8) is 0 Å². The number of nitrogens with zero attached hydrogens (tertiary/aromatic N) is 2. The molecule has 398 valence electrons. The Labute approximate surface area is 480 Å². The number of anilines is 6. The minimum Gasteiger partial charge on any atom is -0.310 e. The SMILES string of the molecule is [2H]c1c([2H])c2c(c([2H])c1N(c1ccc(Br)cc1)c1ccc3c(c1)C(CCCCCCCC)(CCCCCCCC)c1cc(N(c4ccc(Br)cc4)c4c([2H])c([2H])c5c(c4[2H])C(C)(C)C(C)(C)C5(C)C)ccc1-3)C(C)(C)C(C)(C)C2(C)C. The van der Waals surface area contributed by atoms with E-state index >= 15 is 0 Å². The first kappa shape index (κ1) is 48.0.